The van der Waals surface area contributed by atoms with Gasteiger partial charge in [0.25, 0.3) is 0 Å². The zero-order valence-electron chi connectivity index (χ0n) is 11.0. The summed E-state index contributed by atoms with van der Waals surface area (Å²) in [4.78, 5) is 3.29. The van der Waals surface area contributed by atoms with Gasteiger partial charge in [-0.15, -0.1) is 0 Å². The minimum atomic E-state index is 0.449. The first kappa shape index (κ1) is 13.8. The number of H-pyrrole nitrogens is 1. The van der Waals surface area contributed by atoms with Crippen LogP contribution in [0.5, 0.6) is 0 Å². The maximum Gasteiger partial charge on any atom is 0.101 e. The molecule has 0 amide bonds. The molecule has 0 saturated carbocycles. The van der Waals surface area contributed by atoms with Crippen LogP contribution in [0.25, 0.3) is 10.9 Å². The molecule has 3 rings (SSSR count). The lowest BCUT2D eigenvalue weighted by Crippen LogP contribution is -2.00. The molecular weight excluding hydrogens is 305 g/mol. The quantitative estimate of drug-likeness (QED) is 0.717. The minimum Gasteiger partial charge on any atom is -0.379 e. The van der Waals surface area contributed by atoms with E-state index >= 15 is 0 Å². The molecule has 0 aliphatic carbocycles. The number of benzene rings is 2. The summed E-state index contributed by atoms with van der Waals surface area (Å²) in [5.41, 5.74) is 3.19. The van der Waals surface area contributed by atoms with E-state index < -0.39 is 0 Å². The second kappa shape index (κ2) is 5.69. The Morgan fingerprint density at radius 1 is 1.14 bits per heavy atom. The average molecular weight is 316 g/mol. The molecule has 0 unspecified atom stereocenters. The molecule has 5 heteroatoms. The van der Waals surface area contributed by atoms with Crippen LogP contribution in [0.4, 0.5) is 5.69 Å². The molecule has 0 radical (unpaired) electrons. The number of aromatic amines is 1. The third kappa shape index (κ3) is 2.69. The van der Waals surface area contributed by atoms with E-state index in [1.165, 1.54) is 0 Å². The highest BCUT2D eigenvalue weighted by Crippen LogP contribution is 2.28. The van der Waals surface area contributed by atoms with Crippen LogP contribution in [-0.2, 0) is 6.54 Å². The molecular formula is C16H11Cl2N3. The van der Waals surface area contributed by atoms with Gasteiger partial charge in [-0.1, -0.05) is 41.4 Å². The van der Waals surface area contributed by atoms with Crippen LogP contribution in [0.2, 0.25) is 10.0 Å². The van der Waals surface area contributed by atoms with Gasteiger partial charge < -0.3 is 10.3 Å². The van der Waals surface area contributed by atoms with Gasteiger partial charge in [0.2, 0.25) is 0 Å². The molecule has 2 N–H and O–H groups in total. The van der Waals surface area contributed by atoms with Gasteiger partial charge >= 0.3 is 0 Å². The summed E-state index contributed by atoms with van der Waals surface area (Å²) in [5, 5.41) is 14.4. The summed E-state index contributed by atoms with van der Waals surface area (Å²) in [5.74, 6) is 0. The van der Waals surface area contributed by atoms with Gasteiger partial charge in [0.15, 0.2) is 0 Å². The van der Waals surface area contributed by atoms with Crippen molar-refractivity contribution < 1.29 is 0 Å². The van der Waals surface area contributed by atoms with Gasteiger partial charge in [0, 0.05) is 16.6 Å². The molecule has 0 spiro atoms. The third-order valence-corrected chi connectivity index (χ3v) is 4.03. The van der Waals surface area contributed by atoms with Crippen LogP contribution in [0, 0.1) is 11.3 Å². The van der Waals surface area contributed by atoms with Crippen molar-refractivity contribution in [3.8, 4) is 6.07 Å². The molecule has 21 heavy (non-hydrogen) atoms. The van der Waals surface area contributed by atoms with Crippen LogP contribution < -0.4 is 5.32 Å². The highest BCUT2D eigenvalue weighted by Gasteiger charge is 2.09. The van der Waals surface area contributed by atoms with Crippen LogP contribution in [-0.4, -0.2) is 4.98 Å². The number of nitriles is 1. The van der Waals surface area contributed by atoms with Gasteiger partial charge in [0.05, 0.1) is 27.8 Å². The van der Waals surface area contributed by atoms with Crippen LogP contribution in [0.3, 0.4) is 0 Å². The van der Waals surface area contributed by atoms with Crippen molar-refractivity contribution in [3.05, 3.63) is 63.8 Å². The number of aromatic nitrogens is 1. The fraction of sp³-hybridized carbons (Fsp3) is 0.0625. The predicted molar refractivity (Wildman–Crippen MR) is 86.8 cm³/mol. The van der Waals surface area contributed by atoms with E-state index in [2.05, 4.69) is 16.4 Å². The number of hydrogen-bond donors (Lipinski definition) is 2. The maximum atomic E-state index is 8.98. The number of rotatable bonds is 3. The van der Waals surface area contributed by atoms with Crippen LogP contribution in [0.15, 0.2) is 42.5 Å². The average Bonchev–Trinajstić information content (AvgIpc) is 2.83. The van der Waals surface area contributed by atoms with Crippen molar-refractivity contribution in [2.24, 2.45) is 0 Å². The monoisotopic (exact) mass is 315 g/mol. The first-order valence-corrected chi connectivity index (χ1v) is 7.13. The van der Waals surface area contributed by atoms with Gasteiger partial charge in [-0.3, -0.25) is 0 Å². The van der Waals surface area contributed by atoms with Crippen molar-refractivity contribution in [1.82, 2.24) is 4.98 Å². The fourth-order valence-corrected chi connectivity index (χ4v) is 2.64. The van der Waals surface area contributed by atoms with E-state index in [-0.39, 0.29) is 0 Å². The lowest BCUT2D eigenvalue weighted by atomic mass is 10.2. The second-order valence-electron chi connectivity index (χ2n) is 4.62. The standard InChI is InChI=1S/C16H11Cl2N3/c17-13-6-5-11(7-10(13)8-19)20-9-15-16(18)12-3-1-2-4-14(12)21-15/h1-7,20-21H,9H2. The maximum absolute atomic E-state index is 8.98. The van der Waals surface area contributed by atoms with E-state index in [4.69, 9.17) is 28.5 Å². The van der Waals surface area contributed by atoms with Crippen LogP contribution >= 0.6 is 23.2 Å². The van der Waals surface area contributed by atoms with E-state index in [9.17, 15) is 0 Å². The molecule has 0 fully saturated rings. The summed E-state index contributed by atoms with van der Waals surface area (Å²) in [6, 6.07) is 15.2. The van der Waals surface area contributed by atoms with E-state index in [1.54, 1.807) is 12.1 Å². The summed E-state index contributed by atoms with van der Waals surface area (Å²) >= 11 is 12.3. The molecule has 0 atom stereocenters. The Bertz CT molecular complexity index is 846. The van der Waals surface area contributed by atoms with Gasteiger partial charge in [0.1, 0.15) is 6.07 Å². The molecule has 0 aliphatic heterocycles. The highest BCUT2D eigenvalue weighted by atomic mass is 35.5. The Morgan fingerprint density at radius 3 is 2.71 bits per heavy atom. The number of nitrogens with zero attached hydrogens (tertiary/aromatic N) is 1. The second-order valence-corrected chi connectivity index (χ2v) is 5.41. The minimum absolute atomic E-state index is 0.449. The Balaban J connectivity index is 1.84. The molecule has 1 heterocycles. The van der Waals surface area contributed by atoms with Crippen LogP contribution in [0.1, 0.15) is 11.3 Å². The number of halogens is 2. The molecule has 3 nitrogen and oxygen atoms in total. The topological polar surface area (TPSA) is 51.6 Å². The molecule has 104 valence electrons. The lowest BCUT2D eigenvalue weighted by Gasteiger charge is -2.06. The molecule has 1 aromatic heterocycles. The first-order valence-electron chi connectivity index (χ1n) is 6.37. The molecule has 3 aromatic rings. The lowest BCUT2D eigenvalue weighted by molar-refractivity contribution is 1.08. The van der Waals surface area contributed by atoms with E-state index in [0.29, 0.717) is 22.2 Å². The smallest absolute Gasteiger partial charge is 0.101 e. The van der Waals surface area contributed by atoms with Crippen molar-refractivity contribution in [2.45, 2.75) is 6.54 Å². The molecule has 0 saturated heterocycles. The zero-order chi connectivity index (χ0) is 14.8. The zero-order valence-corrected chi connectivity index (χ0v) is 12.5. The summed E-state index contributed by atoms with van der Waals surface area (Å²) in [6.07, 6.45) is 0. The van der Waals surface area contributed by atoms with Crippen molar-refractivity contribution in [2.75, 3.05) is 5.32 Å². The first-order chi connectivity index (χ1) is 10.2. The van der Waals surface area contributed by atoms with E-state index in [0.717, 1.165) is 22.3 Å². The molecule has 0 aliphatic rings. The normalized spacial score (nSPS) is 10.5. The Labute approximate surface area is 132 Å². The summed E-state index contributed by atoms with van der Waals surface area (Å²) in [6.45, 7) is 0.542. The Kier molecular flexibility index (Phi) is 3.74. The van der Waals surface area contributed by atoms with Crippen molar-refractivity contribution in [3.63, 3.8) is 0 Å². The summed E-state index contributed by atoms with van der Waals surface area (Å²) in [7, 11) is 0. The number of para-hydroxylation sites is 1. The van der Waals surface area contributed by atoms with Gasteiger partial charge in [-0.05, 0) is 24.3 Å². The summed E-state index contributed by atoms with van der Waals surface area (Å²) < 4.78 is 0. The van der Waals surface area contributed by atoms with Crippen molar-refractivity contribution in [1.29, 1.82) is 5.26 Å². The molecule has 2 aromatic carbocycles. The Hall–Kier alpha value is -2.15. The van der Waals surface area contributed by atoms with Gasteiger partial charge in [-0.25, -0.2) is 0 Å². The number of nitrogens with one attached hydrogen (secondary N) is 2. The SMILES string of the molecule is N#Cc1cc(NCc2[nH]c3ccccc3c2Cl)ccc1Cl. The Morgan fingerprint density at radius 2 is 1.95 bits per heavy atom. The third-order valence-electron chi connectivity index (χ3n) is 3.27. The molecule has 0 bridgehead atoms. The highest BCUT2D eigenvalue weighted by molar-refractivity contribution is 6.36. The predicted octanol–water partition coefficient (Wildman–Crippen LogP) is 4.96. The fourth-order valence-electron chi connectivity index (χ4n) is 2.20. The number of fused-ring (bicyclic) bond motifs is 1. The van der Waals surface area contributed by atoms with E-state index in [1.807, 2.05) is 30.3 Å². The van der Waals surface area contributed by atoms with Crippen molar-refractivity contribution >= 4 is 39.8 Å². The number of anilines is 1. The largest absolute Gasteiger partial charge is 0.379 e. The van der Waals surface area contributed by atoms with Gasteiger partial charge in [-0.2, -0.15) is 5.26 Å². The number of hydrogen-bond acceptors (Lipinski definition) is 2.